The minimum Gasteiger partial charge on any atom is -0.493 e. The third kappa shape index (κ3) is 5.09. The van der Waals surface area contributed by atoms with Gasteiger partial charge in [-0.25, -0.2) is 0 Å². The lowest BCUT2D eigenvalue weighted by molar-refractivity contribution is 0.355. The van der Waals surface area contributed by atoms with Gasteiger partial charge in [-0.2, -0.15) is 5.10 Å². The van der Waals surface area contributed by atoms with Gasteiger partial charge in [0.1, 0.15) is 0 Å². The predicted molar refractivity (Wildman–Crippen MR) is 102 cm³/mol. The summed E-state index contributed by atoms with van der Waals surface area (Å²) in [5.41, 5.74) is 4.89. The van der Waals surface area contributed by atoms with Gasteiger partial charge in [0, 0.05) is 11.6 Å². The van der Waals surface area contributed by atoms with Crippen LogP contribution < -0.4 is 20.2 Å². The van der Waals surface area contributed by atoms with Crippen molar-refractivity contribution in [2.75, 3.05) is 14.2 Å². The lowest BCUT2D eigenvalue weighted by Crippen LogP contribution is -2.41. The molecule has 1 aliphatic carbocycles. The molecule has 24 heavy (non-hydrogen) atoms. The zero-order valence-electron chi connectivity index (χ0n) is 14.7. The van der Waals surface area contributed by atoms with Crippen LogP contribution in [-0.4, -0.2) is 31.1 Å². The van der Waals surface area contributed by atoms with Gasteiger partial charge in [-0.1, -0.05) is 26.2 Å². The van der Waals surface area contributed by atoms with E-state index < -0.39 is 0 Å². The highest BCUT2D eigenvalue weighted by Gasteiger charge is 2.14. The van der Waals surface area contributed by atoms with E-state index in [1.165, 1.54) is 32.1 Å². The van der Waals surface area contributed by atoms with E-state index in [2.05, 4.69) is 22.8 Å². The summed E-state index contributed by atoms with van der Waals surface area (Å²) >= 11 is 5.37. The molecule has 0 unspecified atom stereocenters. The molecule has 0 heterocycles. The van der Waals surface area contributed by atoms with Crippen LogP contribution in [0.25, 0.3) is 0 Å². The summed E-state index contributed by atoms with van der Waals surface area (Å²) < 4.78 is 10.6. The van der Waals surface area contributed by atoms with Crippen LogP contribution >= 0.6 is 12.2 Å². The van der Waals surface area contributed by atoms with Gasteiger partial charge in [0.25, 0.3) is 0 Å². The fraction of sp³-hybridized carbons (Fsp3) is 0.556. The average Bonchev–Trinajstić information content (AvgIpc) is 2.62. The largest absolute Gasteiger partial charge is 0.493 e. The number of nitrogens with zero attached hydrogens (tertiary/aromatic N) is 1. The number of rotatable bonds is 6. The Morgan fingerprint density at radius 3 is 2.50 bits per heavy atom. The van der Waals surface area contributed by atoms with E-state index in [1.54, 1.807) is 14.2 Å². The first-order valence-corrected chi connectivity index (χ1v) is 8.94. The molecule has 1 fully saturated rings. The Morgan fingerprint density at radius 1 is 1.17 bits per heavy atom. The van der Waals surface area contributed by atoms with Crippen molar-refractivity contribution in [1.82, 2.24) is 10.7 Å². The minimum atomic E-state index is 0.472. The average molecular weight is 350 g/mol. The van der Waals surface area contributed by atoms with E-state index in [4.69, 9.17) is 21.7 Å². The van der Waals surface area contributed by atoms with Gasteiger partial charge in [-0.05, 0) is 49.7 Å². The van der Waals surface area contributed by atoms with Crippen LogP contribution in [0.15, 0.2) is 23.3 Å². The highest BCUT2D eigenvalue weighted by Crippen LogP contribution is 2.28. The Bertz CT molecular complexity index is 584. The molecule has 0 atom stereocenters. The van der Waals surface area contributed by atoms with Gasteiger partial charge in [0.05, 0.1) is 19.9 Å². The van der Waals surface area contributed by atoms with Crippen molar-refractivity contribution in [3.63, 3.8) is 0 Å². The van der Waals surface area contributed by atoms with Gasteiger partial charge in [0.15, 0.2) is 16.6 Å². The normalized spacial score (nSPS) is 15.7. The summed E-state index contributed by atoms with van der Waals surface area (Å²) in [5.74, 6) is 1.40. The number of hydrogen-bond acceptors (Lipinski definition) is 4. The molecule has 0 bridgehead atoms. The van der Waals surface area contributed by atoms with E-state index in [0.717, 1.165) is 17.7 Å². The van der Waals surface area contributed by atoms with E-state index in [1.807, 2.05) is 18.2 Å². The van der Waals surface area contributed by atoms with Crippen molar-refractivity contribution < 1.29 is 9.47 Å². The molecule has 1 aromatic carbocycles. The zero-order valence-corrected chi connectivity index (χ0v) is 15.5. The number of hydrazone groups is 1. The highest BCUT2D eigenvalue weighted by molar-refractivity contribution is 7.80. The molecular formula is C18H27N3O2S. The van der Waals surface area contributed by atoms with Gasteiger partial charge in [-0.3, -0.25) is 5.43 Å². The predicted octanol–water partition coefficient (Wildman–Crippen LogP) is 3.61. The molecule has 132 valence electrons. The maximum Gasteiger partial charge on any atom is 0.187 e. The van der Waals surface area contributed by atoms with Crippen LogP contribution in [-0.2, 0) is 0 Å². The molecule has 1 aliphatic rings. The monoisotopic (exact) mass is 349 g/mol. The smallest absolute Gasteiger partial charge is 0.187 e. The Balaban J connectivity index is 2.01. The molecule has 6 heteroatoms. The molecule has 1 saturated carbocycles. The van der Waals surface area contributed by atoms with Gasteiger partial charge >= 0.3 is 0 Å². The Kier molecular flexibility index (Phi) is 7.31. The van der Waals surface area contributed by atoms with E-state index in [-0.39, 0.29) is 0 Å². The van der Waals surface area contributed by atoms with Crippen LogP contribution in [0.1, 0.15) is 51.0 Å². The van der Waals surface area contributed by atoms with Crippen LogP contribution in [0.2, 0.25) is 0 Å². The molecular weight excluding hydrogens is 322 g/mol. The molecule has 5 nitrogen and oxygen atoms in total. The second-order valence-corrected chi connectivity index (χ2v) is 6.31. The van der Waals surface area contributed by atoms with Crippen LogP contribution in [0.3, 0.4) is 0 Å². The molecule has 0 aliphatic heterocycles. The molecule has 0 radical (unpaired) electrons. The summed E-state index contributed by atoms with van der Waals surface area (Å²) in [7, 11) is 3.26. The fourth-order valence-corrected chi connectivity index (χ4v) is 3.16. The van der Waals surface area contributed by atoms with Crippen molar-refractivity contribution in [3.05, 3.63) is 23.8 Å². The van der Waals surface area contributed by atoms with Gasteiger partial charge < -0.3 is 14.8 Å². The summed E-state index contributed by atoms with van der Waals surface area (Å²) in [6.45, 7) is 2.06. The fourth-order valence-electron chi connectivity index (χ4n) is 2.95. The maximum atomic E-state index is 5.37. The first kappa shape index (κ1) is 18.5. The van der Waals surface area contributed by atoms with Crippen molar-refractivity contribution >= 4 is 23.0 Å². The molecule has 0 spiro atoms. The zero-order chi connectivity index (χ0) is 17.4. The third-order valence-corrected chi connectivity index (χ3v) is 4.49. The summed E-state index contributed by atoms with van der Waals surface area (Å²) in [6, 6.07) is 6.27. The van der Waals surface area contributed by atoms with Crippen molar-refractivity contribution in [1.29, 1.82) is 0 Å². The number of ether oxygens (including phenoxy) is 2. The van der Waals surface area contributed by atoms with Crippen molar-refractivity contribution in [2.24, 2.45) is 5.10 Å². The first-order valence-electron chi connectivity index (χ1n) is 8.53. The number of nitrogens with one attached hydrogen (secondary N) is 2. The van der Waals surface area contributed by atoms with Gasteiger partial charge in [0.2, 0.25) is 0 Å². The second-order valence-electron chi connectivity index (χ2n) is 5.90. The molecule has 0 amide bonds. The van der Waals surface area contributed by atoms with Gasteiger partial charge in [-0.15, -0.1) is 0 Å². The lowest BCUT2D eigenvalue weighted by Gasteiger charge is -2.23. The van der Waals surface area contributed by atoms with Crippen LogP contribution in [0, 0.1) is 0 Å². The standard InChI is InChI=1S/C18H27N3O2S/c1-4-15(13-10-11-16(22-2)17(12-13)23-3)20-21-18(24)19-14-8-6-5-7-9-14/h10-12,14H,4-9H2,1-3H3,(H2,19,21,24)/b20-15+. The quantitative estimate of drug-likeness (QED) is 0.467. The molecule has 0 saturated heterocycles. The highest BCUT2D eigenvalue weighted by atomic mass is 32.1. The first-order chi connectivity index (χ1) is 11.7. The number of methoxy groups -OCH3 is 2. The lowest BCUT2D eigenvalue weighted by atomic mass is 9.96. The number of hydrogen-bond donors (Lipinski definition) is 2. The van der Waals surface area contributed by atoms with Crippen molar-refractivity contribution in [2.45, 2.75) is 51.5 Å². The topological polar surface area (TPSA) is 54.9 Å². The number of benzene rings is 1. The third-order valence-electron chi connectivity index (χ3n) is 4.28. The summed E-state index contributed by atoms with van der Waals surface area (Å²) in [5, 5.41) is 8.43. The Morgan fingerprint density at radius 2 is 1.88 bits per heavy atom. The second kappa shape index (κ2) is 9.47. The Hall–Kier alpha value is -1.82. The van der Waals surface area contributed by atoms with E-state index >= 15 is 0 Å². The minimum absolute atomic E-state index is 0.472. The molecule has 2 N–H and O–H groups in total. The molecule has 1 aromatic rings. The summed E-state index contributed by atoms with van der Waals surface area (Å²) in [4.78, 5) is 0. The molecule has 0 aromatic heterocycles. The summed E-state index contributed by atoms with van der Waals surface area (Å²) in [6.07, 6.45) is 7.03. The Labute approximate surface area is 149 Å². The SMILES string of the molecule is CC/C(=N\NC(=S)NC1CCCCC1)c1ccc(OC)c(OC)c1. The maximum absolute atomic E-state index is 5.37. The van der Waals surface area contributed by atoms with E-state index in [9.17, 15) is 0 Å². The van der Waals surface area contributed by atoms with Crippen LogP contribution in [0.5, 0.6) is 11.5 Å². The van der Waals surface area contributed by atoms with Crippen molar-refractivity contribution in [3.8, 4) is 11.5 Å². The van der Waals surface area contributed by atoms with E-state index in [0.29, 0.717) is 22.7 Å². The number of thiocarbonyl (C=S) groups is 1. The van der Waals surface area contributed by atoms with Crippen LogP contribution in [0.4, 0.5) is 0 Å². The molecule has 2 rings (SSSR count).